The molecule has 2 unspecified atom stereocenters. The number of amides is 1. The van der Waals surface area contributed by atoms with Crippen LogP contribution in [0.5, 0.6) is 0 Å². The quantitative estimate of drug-likeness (QED) is 0.709. The molecule has 7 nitrogen and oxygen atoms in total. The second-order valence-corrected chi connectivity index (χ2v) is 10.5. The number of aromatic nitrogens is 1. The number of anilines is 1. The van der Waals surface area contributed by atoms with E-state index in [2.05, 4.69) is 4.98 Å². The van der Waals surface area contributed by atoms with E-state index in [1.54, 1.807) is 11.0 Å². The van der Waals surface area contributed by atoms with E-state index in [1.165, 1.54) is 15.6 Å². The van der Waals surface area contributed by atoms with Gasteiger partial charge in [-0.2, -0.15) is 4.31 Å². The zero-order valence-electron chi connectivity index (χ0n) is 15.5. The van der Waals surface area contributed by atoms with Gasteiger partial charge in [0.1, 0.15) is 11.6 Å². The summed E-state index contributed by atoms with van der Waals surface area (Å²) in [7, 11) is -3.45. The second-order valence-electron chi connectivity index (χ2n) is 7.20. The molecule has 0 bridgehead atoms. The molecule has 1 aromatic carbocycles. The number of hydrogen-bond donors (Lipinski definition) is 0. The number of rotatable bonds is 5. The lowest BCUT2D eigenvalue weighted by molar-refractivity contribution is -0.122. The minimum absolute atomic E-state index is 0.0699. The van der Waals surface area contributed by atoms with Crippen molar-refractivity contribution in [3.63, 3.8) is 0 Å². The van der Waals surface area contributed by atoms with Gasteiger partial charge in [0.2, 0.25) is 15.9 Å². The van der Waals surface area contributed by atoms with Crippen molar-refractivity contribution < 1.29 is 17.9 Å². The van der Waals surface area contributed by atoms with E-state index in [1.807, 2.05) is 12.1 Å². The van der Waals surface area contributed by atoms with Crippen molar-refractivity contribution in [2.75, 3.05) is 30.9 Å². The molecule has 2 fully saturated rings. The first-order valence-corrected chi connectivity index (χ1v) is 12.3. The molecule has 2 atom stereocenters. The van der Waals surface area contributed by atoms with Crippen molar-refractivity contribution in [3.05, 3.63) is 23.2 Å². The topological polar surface area (TPSA) is 79.8 Å². The summed E-state index contributed by atoms with van der Waals surface area (Å²) in [4.78, 5) is 19.7. The number of hydrogen-bond acceptors (Lipinski definition) is 6. The van der Waals surface area contributed by atoms with Crippen LogP contribution in [0.4, 0.5) is 5.13 Å². The van der Waals surface area contributed by atoms with Crippen LogP contribution in [-0.2, 0) is 19.6 Å². The van der Waals surface area contributed by atoms with Crippen LogP contribution in [0.25, 0.3) is 10.2 Å². The Labute approximate surface area is 173 Å². The fraction of sp³-hybridized carbons (Fsp3) is 0.556. The summed E-state index contributed by atoms with van der Waals surface area (Å²) in [6.07, 6.45) is 4.09. The molecule has 152 valence electrons. The summed E-state index contributed by atoms with van der Waals surface area (Å²) in [5.41, 5.74) is 0.653. The summed E-state index contributed by atoms with van der Waals surface area (Å²) < 4.78 is 32.2. The molecule has 0 spiro atoms. The highest BCUT2D eigenvalue weighted by Gasteiger charge is 2.40. The summed E-state index contributed by atoms with van der Waals surface area (Å²) in [5.74, 6) is -0.242. The Kier molecular flexibility index (Phi) is 5.63. The number of ether oxygens (including phenoxy) is 1. The van der Waals surface area contributed by atoms with Crippen LogP contribution < -0.4 is 4.90 Å². The molecule has 1 amide bonds. The van der Waals surface area contributed by atoms with Crippen LogP contribution in [-0.4, -0.2) is 61.7 Å². The lowest BCUT2D eigenvalue weighted by Gasteiger charge is -2.29. The van der Waals surface area contributed by atoms with Gasteiger partial charge in [-0.25, -0.2) is 13.4 Å². The lowest BCUT2D eigenvalue weighted by atomic mass is 10.2. The third-order valence-electron chi connectivity index (χ3n) is 5.18. The molecule has 0 saturated carbocycles. The predicted molar refractivity (Wildman–Crippen MR) is 111 cm³/mol. The minimum atomic E-state index is -3.45. The molecule has 0 aliphatic carbocycles. The molecule has 3 heterocycles. The summed E-state index contributed by atoms with van der Waals surface area (Å²) in [5, 5.41) is 1.06. The number of benzene rings is 1. The summed E-state index contributed by atoms with van der Waals surface area (Å²) in [6.45, 7) is 1.41. The lowest BCUT2D eigenvalue weighted by Crippen LogP contribution is -2.49. The SMILES string of the molecule is CS(=O)(=O)N1CCCC1C(=O)N(CC1CCCO1)c1nc2c(Cl)cccc2s1. The smallest absolute Gasteiger partial charge is 0.247 e. The van der Waals surface area contributed by atoms with E-state index in [0.717, 1.165) is 23.8 Å². The fourth-order valence-electron chi connectivity index (χ4n) is 3.84. The Morgan fingerprint density at radius 1 is 1.39 bits per heavy atom. The largest absolute Gasteiger partial charge is 0.376 e. The van der Waals surface area contributed by atoms with Gasteiger partial charge < -0.3 is 4.74 Å². The molecule has 2 saturated heterocycles. The van der Waals surface area contributed by atoms with Crippen LogP contribution in [0.15, 0.2) is 18.2 Å². The standard InChI is InChI=1S/C18H22ClN3O4S2/c1-28(24,25)22-9-3-7-14(22)17(23)21(11-12-5-4-10-26-12)18-20-16-13(19)6-2-8-15(16)27-18/h2,6,8,12,14H,3-5,7,9-11H2,1H3. The van der Waals surface area contributed by atoms with Crippen molar-refractivity contribution in [1.29, 1.82) is 0 Å². The highest BCUT2D eigenvalue weighted by atomic mass is 35.5. The molecule has 28 heavy (non-hydrogen) atoms. The number of carbonyl (C=O) groups is 1. The van der Waals surface area contributed by atoms with E-state index in [0.29, 0.717) is 48.2 Å². The third kappa shape index (κ3) is 3.91. The molecule has 0 radical (unpaired) electrons. The van der Waals surface area contributed by atoms with E-state index < -0.39 is 16.1 Å². The van der Waals surface area contributed by atoms with Gasteiger partial charge in [0, 0.05) is 13.2 Å². The molecular weight excluding hydrogens is 422 g/mol. The van der Waals surface area contributed by atoms with Crippen molar-refractivity contribution in [2.24, 2.45) is 0 Å². The van der Waals surface area contributed by atoms with Gasteiger partial charge in [0.15, 0.2) is 5.13 Å². The minimum Gasteiger partial charge on any atom is -0.376 e. The first kappa shape index (κ1) is 20.0. The second kappa shape index (κ2) is 7.87. The fourth-order valence-corrected chi connectivity index (χ4v) is 6.24. The van der Waals surface area contributed by atoms with E-state index in [9.17, 15) is 13.2 Å². The summed E-state index contributed by atoms with van der Waals surface area (Å²) >= 11 is 7.65. The van der Waals surface area contributed by atoms with Crippen molar-refractivity contribution in [2.45, 2.75) is 37.8 Å². The number of thiazole rings is 1. The number of nitrogens with zero attached hydrogens (tertiary/aromatic N) is 3. The molecule has 0 N–H and O–H groups in total. The van der Waals surface area contributed by atoms with Crippen molar-refractivity contribution >= 4 is 54.2 Å². The van der Waals surface area contributed by atoms with Crippen LogP contribution in [0.2, 0.25) is 5.02 Å². The van der Waals surface area contributed by atoms with Gasteiger partial charge in [0.25, 0.3) is 0 Å². The predicted octanol–water partition coefficient (Wildman–Crippen LogP) is 2.89. The highest BCUT2D eigenvalue weighted by Crippen LogP contribution is 2.35. The number of para-hydroxylation sites is 1. The maximum Gasteiger partial charge on any atom is 0.247 e. The molecule has 2 aliphatic rings. The molecule has 2 aromatic rings. The zero-order chi connectivity index (χ0) is 19.9. The van der Waals surface area contributed by atoms with Crippen LogP contribution in [0.3, 0.4) is 0 Å². The van der Waals surface area contributed by atoms with Gasteiger partial charge in [-0.1, -0.05) is 29.0 Å². The average molecular weight is 444 g/mol. The molecular formula is C18H22ClN3O4S2. The first-order chi connectivity index (χ1) is 13.3. The van der Waals surface area contributed by atoms with Gasteiger partial charge >= 0.3 is 0 Å². The third-order valence-corrected chi connectivity index (χ3v) is 7.82. The normalized spacial score (nSPS) is 23.5. The van der Waals surface area contributed by atoms with Crippen molar-refractivity contribution in [1.82, 2.24) is 9.29 Å². The monoisotopic (exact) mass is 443 g/mol. The Morgan fingerprint density at radius 3 is 2.89 bits per heavy atom. The summed E-state index contributed by atoms with van der Waals surface area (Å²) in [6, 6.07) is 4.83. The Balaban J connectivity index is 1.70. The van der Waals surface area contributed by atoms with E-state index in [4.69, 9.17) is 16.3 Å². The Hall–Kier alpha value is -1.26. The van der Waals surface area contributed by atoms with E-state index in [-0.39, 0.29) is 12.0 Å². The number of halogens is 1. The van der Waals surface area contributed by atoms with Crippen LogP contribution in [0, 0.1) is 0 Å². The Morgan fingerprint density at radius 2 is 2.21 bits per heavy atom. The first-order valence-electron chi connectivity index (χ1n) is 9.29. The molecule has 10 heteroatoms. The van der Waals surface area contributed by atoms with Gasteiger partial charge in [-0.05, 0) is 37.8 Å². The zero-order valence-corrected chi connectivity index (χ0v) is 17.9. The highest BCUT2D eigenvalue weighted by molar-refractivity contribution is 7.88. The number of carbonyl (C=O) groups excluding carboxylic acids is 1. The number of sulfonamides is 1. The molecule has 4 rings (SSSR count). The number of fused-ring (bicyclic) bond motifs is 1. The van der Waals surface area contributed by atoms with E-state index >= 15 is 0 Å². The van der Waals surface area contributed by atoms with Gasteiger partial charge in [0.05, 0.1) is 28.6 Å². The molecule has 2 aliphatic heterocycles. The van der Waals surface area contributed by atoms with Gasteiger partial charge in [-0.3, -0.25) is 9.69 Å². The van der Waals surface area contributed by atoms with Crippen LogP contribution in [0.1, 0.15) is 25.7 Å². The molecule has 1 aromatic heterocycles. The van der Waals surface area contributed by atoms with Crippen molar-refractivity contribution in [3.8, 4) is 0 Å². The maximum atomic E-state index is 13.5. The maximum absolute atomic E-state index is 13.5. The Bertz CT molecular complexity index is 988. The average Bonchev–Trinajstić information content (AvgIpc) is 3.37. The van der Waals surface area contributed by atoms with Gasteiger partial charge in [-0.15, -0.1) is 0 Å². The van der Waals surface area contributed by atoms with Crippen LogP contribution >= 0.6 is 22.9 Å².